The van der Waals surface area contributed by atoms with E-state index in [1.807, 2.05) is 0 Å². The van der Waals surface area contributed by atoms with Gasteiger partial charge in [-0.25, -0.2) is 8.78 Å². The van der Waals surface area contributed by atoms with Crippen molar-refractivity contribution in [1.82, 2.24) is 0 Å². The molecule has 3 unspecified atom stereocenters. The van der Waals surface area contributed by atoms with E-state index in [-0.39, 0.29) is 17.9 Å². The monoisotopic (exact) mass is 253 g/mol. The lowest BCUT2D eigenvalue weighted by molar-refractivity contribution is 0.141. The summed E-state index contributed by atoms with van der Waals surface area (Å²) in [5, 5.41) is 0. The third kappa shape index (κ3) is 2.41. The zero-order valence-corrected chi connectivity index (χ0v) is 11.0. The Kier molecular flexibility index (Phi) is 3.71. The van der Waals surface area contributed by atoms with Gasteiger partial charge in [-0.05, 0) is 36.8 Å². The molecule has 100 valence electrons. The third-order valence-corrected chi connectivity index (χ3v) is 4.63. The summed E-state index contributed by atoms with van der Waals surface area (Å²) in [5.41, 5.74) is 6.08. The number of hydrogen-bond donors (Lipinski definition) is 1. The van der Waals surface area contributed by atoms with Crippen LogP contribution < -0.4 is 5.73 Å². The number of benzene rings is 1. The maximum Gasteiger partial charge on any atom is 0.129 e. The summed E-state index contributed by atoms with van der Waals surface area (Å²) in [6.07, 6.45) is 3.32. The van der Waals surface area contributed by atoms with E-state index >= 15 is 0 Å². The Morgan fingerprint density at radius 3 is 2.50 bits per heavy atom. The third-order valence-electron chi connectivity index (χ3n) is 4.63. The molecule has 18 heavy (non-hydrogen) atoms. The summed E-state index contributed by atoms with van der Waals surface area (Å²) in [5.74, 6) is -0.167. The number of nitrogens with two attached hydrogens (primary N) is 1. The molecule has 1 saturated carbocycles. The van der Waals surface area contributed by atoms with E-state index in [9.17, 15) is 8.78 Å². The summed E-state index contributed by atoms with van der Waals surface area (Å²) in [6, 6.07) is 4.00. The van der Waals surface area contributed by atoms with Crippen LogP contribution in [0.3, 0.4) is 0 Å². The molecule has 1 aromatic carbocycles. The lowest BCUT2D eigenvalue weighted by atomic mass is 9.66. The molecule has 0 saturated heterocycles. The second-order valence-corrected chi connectivity index (χ2v) is 5.77. The molecule has 1 nitrogen and oxygen atoms in total. The van der Waals surface area contributed by atoms with Crippen LogP contribution in [-0.2, 0) is 6.42 Å². The normalized spacial score (nSPS) is 32.5. The van der Waals surface area contributed by atoms with Crippen LogP contribution in [0.15, 0.2) is 18.2 Å². The van der Waals surface area contributed by atoms with Gasteiger partial charge in [0, 0.05) is 11.1 Å². The van der Waals surface area contributed by atoms with Gasteiger partial charge in [-0.2, -0.15) is 0 Å². The lowest BCUT2D eigenvalue weighted by Crippen LogP contribution is -2.52. The molecule has 1 fully saturated rings. The zero-order valence-electron chi connectivity index (χ0n) is 11.0. The largest absolute Gasteiger partial charge is 0.325 e. The Balaban J connectivity index is 2.27. The Labute approximate surface area is 107 Å². The highest BCUT2D eigenvalue weighted by atomic mass is 19.1. The molecular formula is C15H21F2N. The van der Waals surface area contributed by atoms with Gasteiger partial charge in [0.25, 0.3) is 0 Å². The highest BCUT2D eigenvalue weighted by Crippen LogP contribution is 2.38. The van der Waals surface area contributed by atoms with E-state index in [1.54, 1.807) is 0 Å². The summed E-state index contributed by atoms with van der Waals surface area (Å²) in [7, 11) is 0. The molecule has 0 heterocycles. The maximum atomic E-state index is 13.7. The van der Waals surface area contributed by atoms with E-state index in [1.165, 1.54) is 18.2 Å². The van der Waals surface area contributed by atoms with E-state index in [2.05, 4.69) is 13.8 Å². The van der Waals surface area contributed by atoms with Gasteiger partial charge in [0.1, 0.15) is 11.6 Å². The van der Waals surface area contributed by atoms with Crippen LogP contribution in [0, 0.1) is 23.5 Å². The SMILES string of the molecule is CC1CCCC(N)(Cc2c(F)cccc2F)C1C. The maximum absolute atomic E-state index is 13.7. The lowest BCUT2D eigenvalue weighted by Gasteiger charge is -2.43. The molecule has 1 aliphatic rings. The van der Waals surface area contributed by atoms with Crippen LogP contribution in [-0.4, -0.2) is 5.54 Å². The van der Waals surface area contributed by atoms with Crippen molar-refractivity contribution < 1.29 is 8.78 Å². The van der Waals surface area contributed by atoms with E-state index in [4.69, 9.17) is 5.73 Å². The zero-order chi connectivity index (χ0) is 13.3. The molecule has 3 atom stereocenters. The molecule has 0 bridgehead atoms. The van der Waals surface area contributed by atoms with Crippen LogP contribution in [0.2, 0.25) is 0 Å². The Bertz CT molecular complexity index is 412. The quantitative estimate of drug-likeness (QED) is 0.855. The average Bonchev–Trinajstić information content (AvgIpc) is 2.31. The molecule has 0 aromatic heterocycles. The minimum Gasteiger partial charge on any atom is -0.325 e. The first-order valence-electron chi connectivity index (χ1n) is 6.66. The van der Waals surface area contributed by atoms with Crippen molar-refractivity contribution in [1.29, 1.82) is 0 Å². The molecule has 0 amide bonds. The van der Waals surface area contributed by atoms with Crippen LogP contribution in [0.1, 0.15) is 38.7 Å². The van der Waals surface area contributed by atoms with Gasteiger partial charge in [0.2, 0.25) is 0 Å². The molecule has 1 aromatic rings. The van der Waals surface area contributed by atoms with Crippen molar-refractivity contribution in [2.75, 3.05) is 0 Å². The predicted octanol–water partition coefficient (Wildman–Crippen LogP) is 3.66. The van der Waals surface area contributed by atoms with E-state index in [0.717, 1.165) is 19.3 Å². The van der Waals surface area contributed by atoms with Crippen LogP contribution in [0.4, 0.5) is 8.78 Å². The second kappa shape index (κ2) is 4.96. The molecule has 0 spiro atoms. The second-order valence-electron chi connectivity index (χ2n) is 5.77. The Morgan fingerprint density at radius 2 is 1.89 bits per heavy atom. The van der Waals surface area contributed by atoms with Gasteiger partial charge in [-0.15, -0.1) is 0 Å². The molecule has 2 N–H and O–H groups in total. The molecule has 2 rings (SSSR count). The Morgan fingerprint density at radius 1 is 1.28 bits per heavy atom. The fourth-order valence-electron chi connectivity index (χ4n) is 3.08. The van der Waals surface area contributed by atoms with Crippen molar-refractivity contribution in [3.05, 3.63) is 35.4 Å². The number of halogens is 2. The fraction of sp³-hybridized carbons (Fsp3) is 0.600. The van der Waals surface area contributed by atoms with Gasteiger partial charge < -0.3 is 5.73 Å². The topological polar surface area (TPSA) is 26.0 Å². The van der Waals surface area contributed by atoms with Gasteiger partial charge >= 0.3 is 0 Å². The van der Waals surface area contributed by atoms with Crippen LogP contribution >= 0.6 is 0 Å². The highest BCUT2D eigenvalue weighted by Gasteiger charge is 2.39. The van der Waals surface area contributed by atoms with E-state index in [0.29, 0.717) is 5.92 Å². The summed E-state index contributed by atoms with van der Waals surface area (Å²) >= 11 is 0. The minimum atomic E-state index is -0.485. The minimum absolute atomic E-state index is 0.140. The van der Waals surface area contributed by atoms with Gasteiger partial charge in [0.15, 0.2) is 0 Å². The predicted molar refractivity (Wildman–Crippen MR) is 69.2 cm³/mol. The first kappa shape index (κ1) is 13.5. The van der Waals surface area contributed by atoms with Crippen molar-refractivity contribution in [3.63, 3.8) is 0 Å². The van der Waals surface area contributed by atoms with E-state index < -0.39 is 17.2 Å². The molecule has 0 radical (unpaired) electrons. The summed E-state index contributed by atoms with van der Waals surface area (Å²) in [4.78, 5) is 0. The van der Waals surface area contributed by atoms with Gasteiger partial charge in [-0.3, -0.25) is 0 Å². The van der Waals surface area contributed by atoms with Crippen molar-refractivity contribution in [2.45, 2.75) is 45.1 Å². The fourth-order valence-corrected chi connectivity index (χ4v) is 3.08. The molecular weight excluding hydrogens is 232 g/mol. The van der Waals surface area contributed by atoms with Crippen LogP contribution in [0.5, 0.6) is 0 Å². The standard InChI is InChI=1S/C15H21F2N/c1-10-5-4-8-15(18,11(10)2)9-12-13(16)6-3-7-14(12)17/h3,6-7,10-11H,4-5,8-9,18H2,1-2H3. The van der Waals surface area contributed by atoms with Gasteiger partial charge in [-0.1, -0.05) is 32.8 Å². The van der Waals surface area contributed by atoms with Crippen molar-refractivity contribution in [2.24, 2.45) is 17.6 Å². The smallest absolute Gasteiger partial charge is 0.129 e. The number of rotatable bonds is 2. The molecule has 1 aliphatic carbocycles. The van der Waals surface area contributed by atoms with Crippen LogP contribution in [0.25, 0.3) is 0 Å². The van der Waals surface area contributed by atoms with Crippen molar-refractivity contribution in [3.8, 4) is 0 Å². The van der Waals surface area contributed by atoms with Gasteiger partial charge in [0.05, 0.1) is 0 Å². The number of hydrogen-bond acceptors (Lipinski definition) is 1. The first-order chi connectivity index (χ1) is 8.44. The Hall–Kier alpha value is -0.960. The average molecular weight is 253 g/mol. The first-order valence-corrected chi connectivity index (χ1v) is 6.66. The summed E-state index contributed by atoms with van der Waals surface area (Å²) in [6.45, 7) is 4.27. The molecule has 3 heteroatoms. The van der Waals surface area contributed by atoms with Crippen molar-refractivity contribution >= 4 is 0 Å². The molecule has 0 aliphatic heterocycles. The highest BCUT2D eigenvalue weighted by molar-refractivity contribution is 5.23. The summed E-state index contributed by atoms with van der Waals surface area (Å²) < 4.78 is 27.4.